The van der Waals surface area contributed by atoms with Gasteiger partial charge in [0, 0.05) is 42.8 Å². The number of benzene rings is 1. The van der Waals surface area contributed by atoms with E-state index in [1.54, 1.807) is 24.3 Å². The molecule has 1 unspecified atom stereocenters. The molecule has 1 aliphatic heterocycles. The Morgan fingerprint density at radius 1 is 1.04 bits per heavy atom. The third kappa shape index (κ3) is 5.02. The quantitative estimate of drug-likeness (QED) is 0.838. The number of rotatable bonds is 5. The van der Waals surface area contributed by atoms with Crippen molar-refractivity contribution < 1.29 is 9.59 Å². The predicted octanol–water partition coefficient (Wildman–Crippen LogP) is 3.18. The summed E-state index contributed by atoms with van der Waals surface area (Å²) in [4.78, 5) is 30.1. The molecule has 1 atom stereocenters. The largest absolute Gasteiger partial charge is 0.340 e. The second-order valence-corrected chi connectivity index (χ2v) is 8.44. The first-order chi connectivity index (χ1) is 13.0. The molecule has 0 bridgehead atoms. The van der Waals surface area contributed by atoms with Crippen LogP contribution in [-0.4, -0.2) is 59.9 Å². The van der Waals surface area contributed by atoms with Crippen molar-refractivity contribution in [1.29, 1.82) is 0 Å². The molecule has 148 valence electrons. The first-order valence-electron chi connectivity index (χ1n) is 10.0. The number of nitrogens with zero attached hydrogens (tertiary/aromatic N) is 2. The Kier molecular flexibility index (Phi) is 6.77. The zero-order chi connectivity index (χ0) is 19.4. The summed E-state index contributed by atoms with van der Waals surface area (Å²) in [6, 6.07) is 6.93. The molecule has 3 rings (SSSR count). The molecule has 1 N–H and O–H groups in total. The molecule has 0 radical (unpaired) electrons. The van der Waals surface area contributed by atoms with Crippen LogP contribution in [0.3, 0.4) is 0 Å². The molecule has 2 aliphatic rings. The Hall–Kier alpha value is -1.59. The maximum Gasteiger partial charge on any atom is 0.251 e. The monoisotopic (exact) mass is 391 g/mol. The Bertz CT molecular complexity index is 648. The van der Waals surface area contributed by atoms with Gasteiger partial charge in [0.05, 0.1) is 0 Å². The highest BCUT2D eigenvalue weighted by molar-refractivity contribution is 6.30. The minimum atomic E-state index is -0.508. The van der Waals surface area contributed by atoms with E-state index < -0.39 is 6.04 Å². The zero-order valence-electron chi connectivity index (χ0n) is 16.3. The third-order valence-corrected chi connectivity index (χ3v) is 6.04. The van der Waals surface area contributed by atoms with Crippen molar-refractivity contribution in [2.75, 3.05) is 26.2 Å². The summed E-state index contributed by atoms with van der Waals surface area (Å²) in [7, 11) is 0. The summed E-state index contributed by atoms with van der Waals surface area (Å²) in [6.45, 7) is 7.31. The standard InChI is InChI=1S/C21H30ClN3O2/c1-15(2)19(23-20(26)16-7-9-17(22)10-8-16)21(27)25-13-11-24(12-14-25)18-5-3-4-6-18/h7-10,15,18-19H,3-6,11-14H2,1-2H3,(H,23,26). The number of carbonyl (C=O) groups is 2. The first kappa shape index (κ1) is 20.2. The molecule has 1 saturated heterocycles. The van der Waals surface area contributed by atoms with E-state index in [0.717, 1.165) is 26.2 Å². The number of carbonyl (C=O) groups excluding carboxylic acids is 2. The maximum atomic E-state index is 13.1. The van der Waals surface area contributed by atoms with Crippen molar-refractivity contribution in [2.45, 2.75) is 51.6 Å². The molecule has 5 nitrogen and oxygen atoms in total. The normalized spacial score (nSPS) is 20.1. The molecule has 6 heteroatoms. The second-order valence-electron chi connectivity index (χ2n) is 8.00. The summed E-state index contributed by atoms with van der Waals surface area (Å²) in [5.41, 5.74) is 0.518. The van der Waals surface area contributed by atoms with E-state index in [1.165, 1.54) is 25.7 Å². The van der Waals surface area contributed by atoms with E-state index in [-0.39, 0.29) is 17.7 Å². The minimum absolute atomic E-state index is 0.0263. The van der Waals surface area contributed by atoms with Crippen LogP contribution in [0.1, 0.15) is 49.9 Å². The van der Waals surface area contributed by atoms with Crippen LogP contribution in [0.2, 0.25) is 5.02 Å². The van der Waals surface area contributed by atoms with Gasteiger partial charge in [-0.3, -0.25) is 14.5 Å². The number of nitrogens with one attached hydrogen (secondary N) is 1. The highest BCUT2D eigenvalue weighted by atomic mass is 35.5. The van der Waals surface area contributed by atoms with Gasteiger partial charge in [0.1, 0.15) is 6.04 Å². The van der Waals surface area contributed by atoms with Crippen molar-refractivity contribution in [3.8, 4) is 0 Å². The van der Waals surface area contributed by atoms with Crippen LogP contribution in [0.25, 0.3) is 0 Å². The zero-order valence-corrected chi connectivity index (χ0v) is 17.0. The SMILES string of the molecule is CC(C)C(NC(=O)c1ccc(Cl)cc1)C(=O)N1CCN(C2CCCC2)CC1. The summed E-state index contributed by atoms with van der Waals surface area (Å²) in [5.74, 6) is -0.177. The van der Waals surface area contributed by atoms with Gasteiger partial charge in [-0.25, -0.2) is 0 Å². The van der Waals surface area contributed by atoms with Crippen LogP contribution in [0.4, 0.5) is 0 Å². The van der Waals surface area contributed by atoms with Gasteiger partial charge >= 0.3 is 0 Å². The molecule has 0 spiro atoms. The molecular weight excluding hydrogens is 362 g/mol. The van der Waals surface area contributed by atoms with Crippen LogP contribution >= 0.6 is 11.6 Å². The molecule has 1 aromatic carbocycles. The average Bonchev–Trinajstić information content (AvgIpc) is 3.20. The predicted molar refractivity (Wildman–Crippen MR) is 108 cm³/mol. The van der Waals surface area contributed by atoms with Crippen molar-refractivity contribution in [2.24, 2.45) is 5.92 Å². The van der Waals surface area contributed by atoms with E-state index in [9.17, 15) is 9.59 Å². The fourth-order valence-corrected chi connectivity index (χ4v) is 4.24. The van der Waals surface area contributed by atoms with E-state index in [0.29, 0.717) is 16.6 Å². The molecule has 27 heavy (non-hydrogen) atoms. The number of hydrogen-bond donors (Lipinski definition) is 1. The van der Waals surface area contributed by atoms with Gasteiger partial charge in [-0.05, 0) is 43.0 Å². The third-order valence-electron chi connectivity index (χ3n) is 5.79. The Balaban J connectivity index is 1.58. The fourth-order valence-electron chi connectivity index (χ4n) is 4.11. The molecule has 1 heterocycles. The van der Waals surface area contributed by atoms with Gasteiger partial charge < -0.3 is 10.2 Å². The molecule has 2 amide bonds. The van der Waals surface area contributed by atoms with Crippen LogP contribution in [0.5, 0.6) is 0 Å². The smallest absolute Gasteiger partial charge is 0.251 e. The molecular formula is C21H30ClN3O2. The average molecular weight is 392 g/mol. The fraction of sp³-hybridized carbons (Fsp3) is 0.619. The second kappa shape index (κ2) is 9.07. The lowest BCUT2D eigenvalue weighted by Crippen LogP contribution is -2.57. The van der Waals surface area contributed by atoms with Crippen molar-refractivity contribution >= 4 is 23.4 Å². The Labute approximate surface area is 167 Å². The van der Waals surface area contributed by atoms with Crippen LogP contribution in [0.15, 0.2) is 24.3 Å². The van der Waals surface area contributed by atoms with Gasteiger partial charge in [-0.2, -0.15) is 0 Å². The van der Waals surface area contributed by atoms with E-state index >= 15 is 0 Å². The summed E-state index contributed by atoms with van der Waals surface area (Å²) in [5, 5.41) is 3.52. The highest BCUT2D eigenvalue weighted by Gasteiger charge is 2.32. The van der Waals surface area contributed by atoms with Gasteiger partial charge in [0.25, 0.3) is 5.91 Å². The molecule has 1 aromatic rings. The molecule has 0 aromatic heterocycles. The minimum Gasteiger partial charge on any atom is -0.340 e. The van der Waals surface area contributed by atoms with E-state index in [1.807, 2.05) is 18.7 Å². The van der Waals surface area contributed by atoms with Crippen LogP contribution < -0.4 is 5.32 Å². The number of halogens is 1. The summed E-state index contributed by atoms with van der Waals surface area (Å²) < 4.78 is 0. The van der Waals surface area contributed by atoms with Crippen LogP contribution in [0, 0.1) is 5.92 Å². The lowest BCUT2D eigenvalue weighted by molar-refractivity contribution is -0.136. The van der Waals surface area contributed by atoms with Crippen molar-refractivity contribution in [3.05, 3.63) is 34.9 Å². The molecule has 1 aliphatic carbocycles. The van der Waals surface area contributed by atoms with Crippen molar-refractivity contribution in [3.63, 3.8) is 0 Å². The van der Waals surface area contributed by atoms with Gasteiger partial charge in [0.15, 0.2) is 0 Å². The molecule has 1 saturated carbocycles. The van der Waals surface area contributed by atoms with Gasteiger partial charge in [-0.15, -0.1) is 0 Å². The lowest BCUT2D eigenvalue weighted by Gasteiger charge is -2.39. The van der Waals surface area contributed by atoms with E-state index in [4.69, 9.17) is 11.6 Å². The topological polar surface area (TPSA) is 52.7 Å². The summed E-state index contributed by atoms with van der Waals surface area (Å²) >= 11 is 5.89. The highest BCUT2D eigenvalue weighted by Crippen LogP contribution is 2.24. The number of amides is 2. The maximum absolute atomic E-state index is 13.1. The van der Waals surface area contributed by atoms with E-state index in [2.05, 4.69) is 10.2 Å². The first-order valence-corrected chi connectivity index (χ1v) is 10.4. The Morgan fingerprint density at radius 2 is 1.63 bits per heavy atom. The number of piperazine rings is 1. The van der Waals surface area contributed by atoms with Crippen LogP contribution in [-0.2, 0) is 4.79 Å². The summed E-state index contributed by atoms with van der Waals surface area (Å²) in [6.07, 6.45) is 5.24. The van der Waals surface area contributed by atoms with Gasteiger partial charge in [0.2, 0.25) is 5.91 Å². The number of hydrogen-bond acceptors (Lipinski definition) is 3. The van der Waals surface area contributed by atoms with Crippen molar-refractivity contribution in [1.82, 2.24) is 15.1 Å². The molecule has 2 fully saturated rings. The Morgan fingerprint density at radius 3 is 2.19 bits per heavy atom. The lowest BCUT2D eigenvalue weighted by atomic mass is 10.0. The van der Waals surface area contributed by atoms with Gasteiger partial charge in [-0.1, -0.05) is 38.3 Å².